The molecule has 0 aliphatic rings. The van der Waals surface area contributed by atoms with Crippen LogP contribution in [0.15, 0.2) is 36.5 Å². The largest absolute Gasteiger partial charge is 0.394 e. The Morgan fingerprint density at radius 3 is 0.813 bits per heavy atom. The molecular formula is C70H135NO4. The van der Waals surface area contributed by atoms with Gasteiger partial charge < -0.3 is 20.6 Å². The van der Waals surface area contributed by atoms with Crippen molar-refractivity contribution in [1.29, 1.82) is 0 Å². The maximum atomic E-state index is 12.6. The zero-order valence-corrected chi connectivity index (χ0v) is 51.0. The normalized spacial score (nSPS) is 13.3. The maximum Gasteiger partial charge on any atom is 0.249 e. The second-order valence-corrected chi connectivity index (χ2v) is 23.7. The lowest BCUT2D eigenvalue weighted by Crippen LogP contribution is -2.48. The van der Waals surface area contributed by atoms with Crippen molar-refractivity contribution in [1.82, 2.24) is 5.32 Å². The molecule has 0 radical (unpaired) electrons. The first-order valence-corrected chi connectivity index (χ1v) is 34.3. The summed E-state index contributed by atoms with van der Waals surface area (Å²) in [5.74, 6) is -0.506. The number of unbranched alkanes of at least 4 members (excludes halogenated alkanes) is 52. The Morgan fingerprint density at radius 1 is 0.320 bits per heavy atom. The zero-order chi connectivity index (χ0) is 54.3. The number of aliphatic hydroxyl groups is 3. The molecular weight excluding hydrogens is 919 g/mol. The third-order valence-corrected chi connectivity index (χ3v) is 16.2. The number of allylic oxidation sites excluding steroid dienone is 5. The van der Waals surface area contributed by atoms with Crippen LogP contribution < -0.4 is 5.32 Å². The van der Waals surface area contributed by atoms with Crippen LogP contribution >= 0.6 is 0 Å². The lowest BCUT2D eigenvalue weighted by Gasteiger charge is -2.21. The van der Waals surface area contributed by atoms with Crippen LogP contribution in [0.2, 0.25) is 0 Å². The van der Waals surface area contributed by atoms with Crippen LogP contribution in [0.3, 0.4) is 0 Å². The fourth-order valence-corrected chi connectivity index (χ4v) is 10.9. The average Bonchev–Trinajstić information content (AvgIpc) is 3.41. The Kier molecular flexibility index (Phi) is 63.8. The highest BCUT2D eigenvalue weighted by Crippen LogP contribution is 2.19. The Morgan fingerprint density at radius 2 is 0.547 bits per heavy atom. The Labute approximate surface area is 470 Å². The van der Waals surface area contributed by atoms with E-state index in [1.807, 2.05) is 6.08 Å². The minimum atomic E-state index is -1.11. The fraction of sp³-hybridized carbons (Fsp3) is 0.900. The average molecular weight is 1050 g/mol. The number of amides is 1. The Bertz CT molecular complexity index is 1170. The van der Waals surface area contributed by atoms with Crippen LogP contribution in [0.4, 0.5) is 0 Å². The zero-order valence-electron chi connectivity index (χ0n) is 51.0. The van der Waals surface area contributed by atoms with Gasteiger partial charge in [0.25, 0.3) is 0 Å². The van der Waals surface area contributed by atoms with Crippen molar-refractivity contribution in [3.05, 3.63) is 36.5 Å². The molecule has 0 aromatic carbocycles. The molecule has 0 bridgehead atoms. The van der Waals surface area contributed by atoms with E-state index < -0.39 is 24.2 Å². The third-order valence-electron chi connectivity index (χ3n) is 16.2. The number of hydrogen-bond acceptors (Lipinski definition) is 4. The molecule has 0 aliphatic heterocycles. The van der Waals surface area contributed by atoms with Gasteiger partial charge in [-0.1, -0.05) is 359 Å². The predicted molar refractivity (Wildman–Crippen MR) is 333 cm³/mol. The number of aliphatic hydroxyl groups excluding tert-OH is 3. The summed E-state index contributed by atoms with van der Waals surface area (Å²) in [6, 6.07) is -0.815. The van der Waals surface area contributed by atoms with Crippen molar-refractivity contribution < 1.29 is 20.1 Å². The van der Waals surface area contributed by atoms with E-state index in [1.54, 1.807) is 6.08 Å². The first-order chi connectivity index (χ1) is 37.1. The van der Waals surface area contributed by atoms with Gasteiger partial charge in [-0.15, -0.1) is 0 Å². The third kappa shape index (κ3) is 60.1. The molecule has 0 aromatic rings. The topological polar surface area (TPSA) is 89.8 Å². The van der Waals surface area contributed by atoms with Crippen molar-refractivity contribution in [3.8, 4) is 0 Å². The minimum absolute atomic E-state index is 0.374. The molecule has 0 spiro atoms. The summed E-state index contributed by atoms with van der Waals surface area (Å²) in [6.45, 7) is 4.22. The Hall–Kier alpha value is -1.43. The first-order valence-electron chi connectivity index (χ1n) is 34.3. The Balaban J connectivity index is 3.50. The van der Waals surface area contributed by atoms with Crippen molar-refractivity contribution >= 4 is 5.91 Å². The number of nitrogens with one attached hydrogen (secondary N) is 1. The summed E-state index contributed by atoms with van der Waals surface area (Å²) in [6.07, 6.45) is 87.2. The number of carbonyl (C=O) groups excluding carboxylic acids is 1. The fourth-order valence-electron chi connectivity index (χ4n) is 10.9. The lowest BCUT2D eigenvalue weighted by atomic mass is 10.0. The molecule has 0 rings (SSSR count). The monoisotopic (exact) mass is 1050 g/mol. The van der Waals surface area contributed by atoms with Crippen LogP contribution in [0.1, 0.15) is 380 Å². The van der Waals surface area contributed by atoms with Gasteiger partial charge >= 0.3 is 0 Å². The van der Waals surface area contributed by atoms with E-state index in [0.29, 0.717) is 6.42 Å². The van der Waals surface area contributed by atoms with Gasteiger partial charge in [0.2, 0.25) is 5.91 Å². The summed E-state index contributed by atoms with van der Waals surface area (Å²) in [7, 11) is 0. The van der Waals surface area contributed by atoms with Crippen molar-refractivity contribution in [2.75, 3.05) is 6.61 Å². The van der Waals surface area contributed by atoms with E-state index in [-0.39, 0.29) is 6.61 Å². The summed E-state index contributed by atoms with van der Waals surface area (Å²) in [5, 5.41) is 33.5. The number of carbonyl (C=O) groups is 1. The van der Waals surface area contributed by atoms with Crippen LogP contribution in [-0.4, -0.2) is 46.1 Å². The first kappa shape index (κ1) is 73.6. The SMILES string of the molecule is CCCCCCCCCCCCCCCCCCC/C=C/CC/C=C/C(O)C(CO)NC(=O)C(O)CCCCCCCCCCCCCCCCCC/C=C\CCCCCCCCCCCCCCCCCCCC. The van der Waals surface area contributed by atoms with Gasteiger partial charge in [0, 0.05) is 0 Å². The highest BCUT2D eigenvalue weighted by atomic mass is 16.3. The van der Waals surface area contributed by atoms with Crippen molar-refractivity contribution in [2.24, 2.45) is 0 Å². The van der Waals surface area contributed by atoms with Gasteiger partial charge in [-0.25, -0.2) is 0 Å². The van der Waals surface area contributed by atoms with Gasteiger partial charge in [-0.2, -0.15) is 0 Å². The van der Waals surface area contributed by atoms with Crippen LogP contribution in [0, 0.1) is 0 Å². The molecule has 3 atom stereocenters. The molecule has 0 saturated heterocycles. The van der Waals surface area contributed by atoms with Gasteiger partial charge in [0.15, 0.2) is 0 Å². The van der Waals surface area contributed by atoms with Crippen LogP contribution in [0.5, 0.6) is 0 Å². The van der Waals surface area contributed by atoms with Crippen LogP contribution in [0.25, 0.3) is 0 Å². The molecule has 5 nitrogen and oxygen atoms in total. The molecule has 5 heteroatoms. The highest BCUT2D eigenvalue weighted by molar-refractivity contribution is 5.80. The smallest absolute Gasteiger partial charge is 0.249 e. The van der Waals surface area contributed by atoms with E-state index in [2.05, 4.69) is 43.5 Å². The highest BCUT2D eigenvalue weighted by Gasteiger charge is 2.22. The van der Waals surface area contributed by atoms with Gasteiger partial charge in [-0.05, 0) is 57.8 Å². The number of hydrogen-bond donors (Lipinski definition) is 4. The van der Waals surface area contributed by atoms with Gasteiger partial charge in [0.05, 0.1) is 18.8 Å². The maximum absolute atomic E-state index is 12.6. The van der Waals surface area contributed by atoms with Crippen LogP contribution in [-0.2, 0) is 4.79 Å². The molecule has 0 aromatic heterocycles. The second-order valence-electron chi connectivity index (χ2n) is 23.7. The summed E-state index contributed by atoms with van der Waals surface area (Å²) in [4.78, 5) is 12.6. The molecule has 1 amide bonds. The van der Waals surface area contributed by atoms with Crippen molar-refractivity contribution in [3.63, 3.8) is 0 Å². The summed E-state index contributed by atoms with van der Waals surface area (Å²) in [5.41, 5.74) is 0. The molecule has 444 valence electrons. The molecule has 0 aliphatic carbocycles. The minimum Gasteiger partial charge on any atom is -0.394 e. The molecule has 0 fully saturated rings. The molecule has 3 unspecified atom stereocenters. The van der Waals surface area contributed by atoms with E-state index in [0.717, 1.165) is 38.5 Å². The molecule has 0 heterocycles. The molecule has 75 heavy (non-hydrogen) atoms. The van der Waals surface area contributed by atoms with E-state index in [4.69, 9.17) is 0 Å². The quantitative estimate of drug-likeness (QED) is 0.0361. The predicted octanol–water partition coefficient (Wildman–Crippen LogP) is 22.1. The summed E-state index contributed by atoms with van der Waals surface area (Å²) >= 11 is 0. The standard InChI is InChI=1S/C70H135NO4/c1-3-5-7-9-11-13-15-17-19-21-23-25-27-28-29-30-31-32-33-34-35-36-37-38-39-40-41-43-45-47-49-51-53-55-57-59-61-63-65-69(74)70(75)71-67(66-72)68(73)64-62-60-58-56-54-52-50-48-46-44-42-26-24-22-20-18-16-14-12-10-8-6-4-2/h34-35,54,56,62,64,67-69,72-74H,3-33,36-53,55,57-61,63,65-66H2,1-2H3,(H,71,75)/b35-34-,56-54+,64-62+. The van der Waals surface area contributed by atoms with Crippen molar-refractivity contribution in [2.45, 2.75) is 398 Å². The van der Waals surface area contributed by atoms with E-state index in [1.165, 1.54) is 321 Å². The number of rotatable bonds is 64. The molecule has 4 N–H and O–H groups in total. The van der Waals surface area contributed by atoms with Gasteiger partial charge in [-0.3, -0.25) is 4.79 Å². The van der Waals surface area contributed by atoms with Gasteiger partial charge in [0.1, 0.15) is 6.10 Å². The lowest BCUT2D eigenvalue weighted by molar-refractivity contribution is -0.131. The van der Waals surface area contributed by atoms with E-state index >= 15 is 0 Å². The van der Waals surface area contributed by atoms with E-state index in [9.17, 15) is 20.1 Å². The second kappa shape index (κ2) is 65.1. The molecule has 0 saturated carbocycles. The summed E-state index contributed by atoms with van der Waals surface area (Å²) < 4.78 is 0.